The van der Waals surface area contributed by atoms with E-state index in [0.29, 0.717) is 12.1 Å². The summed E-state index contributed by atoms with van der Waals surface area (Å²) in [5.41, 5.74) is 0. The van der Waals surface area contributed by atoms with Gasteiger partial charge in [0.05, 0.1) is 0 Å². The molecule has 1 unspecified atom stereocenters. The van der Waals surface area contributed by atoms with Gasteiger partial charge in [-0.2, -0.15) is 0 Å². The lowest BCUT2D eigenvalue weighted by Gasteiger charge is -2.24. The van der Waals surface area contributed by atoms with Gasteiger partial charge >= 0.3 is 0 Å². The first kappa shape index (κ1) is 9.97. The Hall–Kier alpha value is -0.570. The molecule has 2 fully saturated rings. The van der Waals surface area contributed by atoms with E-state index in [0.717, 1.165) is 19.4 Å². The minimum atomic E-state index is 0.223. The molecule has 1 heterocycles. The molecule has 80 valence electrons. The SMILES string of the molecule is O=C1CCC(CNC2CCCCC2)N1. The molecule has 1 saturated carbocycles. The molecule has 0 spiro atoms. The summed E-state index contributed by atoms with van der Waals surface area (Å²) in [6.45, 7) is 0.969. The molecular formula is C11H20N2O. The lowest BCUT2D eigenvalue weighted by atomic mass is 9.95. The Labute approximate surface area is 85.6 Å². The van der Waals surface area contributed by atoms with Crippen molar-refractivity contribution in [1.29, 1.82) is 0 Å². The lowest BCUT2D eigenvalue weighted by molar-refractivity contribution is -0.119. The van der Waals surface area contributed by atoms with Gasteiger partial charge in [-0.15, -0.1) is 0 Å². The molecule has 2 aliphatic rings. The quantitative estimate of drug-likeness (QED) is 0.712. The third kappa shape index (κ3) is 2.71. The molecule has 2 N–H and O–H groups in total. The van der Waals surface area contributed by atoms with Gasteiger partial charge in [-0.1, -0.05) is 19.3 Å². The first-order chi connectivity index (χ1) is 6.84. The van der Waals surface area contributed by atoms with E-state index in [-0.39, 0.29) is 5.91 Å². The average molecular weight is 196 g/mol. The predicted molar refractivity (Wildman–Crippen MR) is 56.0 cm³/mol. The van der Waals surface area contributed by atoms with Crippen LogP contribution in [0.25, 0.3) is 0 Å². The normalized spacial score (nSPS) is 29.1. The summed E-state index contributed by atoms with van der Waals surface area (Å²) >= 11 is 0. The third-order valence-electron chi connectivity index (χ3n) is 3.34. The molecule has 3 nitrogen and oxygen atoms in total. The fourth-order valence-corrected chi connectivity index (χ4v) is 2.45. The van der Waals surface area contributed by atoms with Crippen molar-refractivity contribution in [3.63, 3.8) is 0 Å². The molecule has 1 aliphatic heterocycles. The van der Waals surface area contributed by atoms with Gasteiger partial charge in [0.1, 0.15) is 0 Å². The van der Waals surface area contributed by atoms with Crippen molar-refractivity contribution in [1.82, 2.24) is 10.6 Å². The molecule has 1 atom stereocenters. The van der Waals surface area contributed by atoms with E-state index in [1.165, 1.54) is 32.1 Å². The number of rotatable bonds is 3. The maximum absolute atomic E-state index is 11.0. The zero-order valence-electron chi connectivity index (χ0n) is 8.72. The van der Waals surface area contributed by atoms with E-state index in [9.17, 15) is 4.79 Å². The van der Waals surface area contributed by atoms with Crippen LogP contribution in [-0.2, 0) is 4.79 Å². The van der Waals surface area contributed by atoms with E-state index in [4.69, 9.17) is 0 Å². The topological polar surface area (TPSA) is 41.1 Å². The molecule has 3 heteroatoms. The van der Waals surface area contributed by atoms with Crippen LogP contribution in [0.1, 0.15) is 44.9 Å². The number of nitrogens with one attached hydrogen (secondary N) is 2. The van der Waals surface area contributed by atoms with Crippen LogP contribution in [0.2, 0.25) is 0 Å². The maximum atomic E-state index is 11.0. The standard InChI is InChI=1S/C11H20N2O/c14-11-7-6-10(13-11)8-12-9-4-2-1-3-5-9/h9-10,12H,1-8H2,(H,13,14). The van der Waals surface area contributed by atoms with Crippen LogP contribution in [0.15, 0.2) is 0 Å². The van der Waals surface area contributed by atoms with Crippen LogP contribution in [0.4, 0.5) is 0 Å². The van der Waals surface area contributed by atoms with Crippen molar-refractivity contribution in [3.8, 4) is 0 Å². The van der Waals surface area contributed by atoms with Crippen LogP contribution in [0, 0.1) is 0 Å². The van der Waals surface area contributed by atoms with E-state index < -0.39 is 0 Å². The van der Waals surface area contributed by atoms with Crippen molar-refractivity contribution >= 4 is 5.91 Å². The van der Waals surface area contributed by atoms with E-state index in [1.54, 1.807) is 0 Å². The summed E-state index contributed by atoms with van der Waals surface area (Å²) in [4.78, 5) is 11.0. The zero-order valence-corrected chi connectivity index (χ0v) is 8.72. The number of carbonyl (C=O) groups is 1. The highest BCUT2D eigenvalue weighted by atomic mass is 16.1. The molecule has 1 saturated heterocycles. The molecule has 14 heavy (non-hydrogen) atoms. The van der Waals surface area contributed by atoms with Crippen LogP contribution in [0.3, 0.4) is 0 Å². The van der Waals surface area contributed by atoms with Crippen LogP contribution in [0.5, 0.6) is 0 Å². The van der Waals surface area contributed by atoms with Gasteiger partial charge in [0, 0.05) is 25.0 Å². The first-order valence-corrected chi connectivity index (χ1v) is 5.87. The van der Waals surface area contributed by atoms with Crippen molar-refractivity contribution in [2.24, 2.45) is 0 Å². The molecule has 0 bridgehead atoms. The van der Waals surface area contributed by atoms with Crippen LogP contribution in [-0.4, -0.2) is 24.5 Å². The largest absolute Gasteiger partial charge is 0.352 e. The van der Waals surface area contributed by atoms with Crippen molar-refractivity contribution < 1.29 is 4.79 Å². The summed E-state index contributed by atoms with van der Waals surface area (Å²) in [5.74, 6) is 0.223. The van der Waals surface area contributed by atoms with Gasteiger partial charge in [-0.25, -0.2) is 0 Å². The van der Waals surface area contributed by atoms with Gasteiger partial charge in [-0.05, 0) is 19.3 Å². The molecule has 0 radical (unpaired) electrons. The minimum absolute atomic E-state index is 0.223. The van der Waals surface area contributed by atoms with Gasteiger partial charge in [0.15, 0.2) is 0 Å². The van der Waals surface area contributed by atoms with Crippen molar-refractivity contribution in [2.75, 3.05) is 6.54 Å². The Morgan fingerprint density at radius 1 is 1.21 bits per heavy atom. The molecule has 0 aromatic heterocycles. The molecule has 1 aliphatic carbocycles. The lowest BCUT2D eigenvalue weighted by Crippen LogP contribution is -2.41. The number of amides is 1. The first-order valence-electron chi connectivity index (χ1n) is 5.87. The second kappa shape index (κ2) is 4.78. The Bertz CT molecular complexity index is 199. The molecule has 2 rings (SSSR count). The highest BCUT2D eigenvalue weighted by Gasteiger charge is 2.21. The van der Waals surface area contributed by atoms with E-state index >= 15 is 0 Å². The number of carbonyl (C=O) groups excluding carboxylic acids is 1. The summed E-state index contributed by atoms with van der Waals surface area (Å²) in [6, 6.07) is 1.10. The fourth-order valence-electron chi connectivity index (χ4n) is 2.45. The van der Waals surface area contributed by atoms with Gasteiger partial charge in [0.2, 0.25) is 5.91 Å². The fraction of sp³-hybridized carbons (Fsp3) is 0.909. The maximum Gasteiger partial charge on any atom is 0.220 e. The number of hydrogen-bond acceptors (Lipinski definition) is 2. The zero-order chi connectivity index (χ0) is 9.80. The number of hydrogen-bond donors (Lipinski definition) is 2. The van der Waals surface area contributed by atoms with Gasteiger partial charge in [0.25, 0.3) is 0 Å². The highest BCUT2D eigenvalue weighted by molar-refractivity contribution is 5.78. The Balaban J connectivity index is 1.63. The summed E-state index contributed by atoms with van der Waals surface area (Å²) in [6.07, 6.45) is 8.51. The van der Waals surface area contributed by atoms with Gasteiger partial charge < -0.3 is 10.6 Å². The highest BCUT2D eigenvalue weighted by Crippen LogP contribution is 2.17. The average Bonchev–Trinajstić information content (AvgIpc) is 2.63. The third-order valence-corrected chi connectivity index (χ3v) is 3.34. The Kier molecular flexibility index (Phi) is 3.40. The summed E-state index contributed by atoms with van der Waals surface area (Å²) in [5, 5.41) is 6.56. The molecule has 1 amide bonds. The monoisotopic (exact) mass is 196 g/mol. The second-order valence-corrected chi connectivity index (χ2v) is 4.55. The predicted octanol–water partition coefficient (Wildman–Crippen LogP) is 1.19. The van der Waals surface area contributed by atoms with Crippen molar-refractivity contribution in [2.45, 2.75) is 57.0 Å². The smallest absolute Gasteiger partial charge is 0.220 e. The second-order valence-electron chi connectivity index (χ2n) is 4.55. The van der Waals surface area contributed by atoms with Gasteiger partial charge in [-0.3, -0.25) is 4.79 Å². The minimum Gasteiger partial charge on any atom is -0.352 e. The van der Waals surface area contributed by atoms with E-state index in [2.05, 4.69) is 10.6 Å². The van der Waals surface area contributed by atoms with Crippen molar-refractivity contribution in [3.05, 3.63) is 0 Å². The molecule has 0 aromatic carbocycles. The molecular weight excluding hydrogens is 176 g/mol. The summed E-state index contributed by atoms with van der Waals surface area (Å²) in [7, 11) is 0. The molecule has 0 aromatic rings. The summed E-state index contributed by atoms with van der Waals surface area (Å²) < 4.78 is 0. The van der Waals surface area contributed by atoms with Crippen LogP contribution >= 0.6 is 0 Å². The Morgan fingerprint density at radius 2 is 2.00 bits per heavy atom. The van der Waals surface area contributed by atoms with E-state index in [1.807, 2.05) is 0 Å². The van der Waals surface area contributed by atoms with Crippen LogP contribution < -0.4 is 10.6 Å². The Morgan fingerprint density at radius 3 is 2.64 bits per heavy atom.